The average molecular weight is 413 g/mol. The van der Waals surface area contributed by atoms with Crippen molar-refractivity contribution in [2.75, 3.05) is 13.1 Å². The Balaban J connectivity index is 1.31. The second-order valence-electron chi connectivity index (χ2n) is 8.44. The molecule has 31 heavy (non-hydrogen) atoms. The van der Waals surface area contributed by atoms with Crippen LogP contribution in [0.2, 0.25) is 0 Å². The van der Waals surface area contributed by atoms with Gasteiger partial charge in [-0.1, -0.05) is 18.2 Å². The summed E-state index contributed by atoms with van der Waals surface area (Å²) in [5.74, 6) is 1.72. The van der Waals surface area contributed by atoms with Gasteiger partial charge in [0.25, 0.3) is 5.91 Å². The van der Waals surface area contributed by atoms with Crippen LogP contribution < -0.4 is 4.74 Å². The number of carbonyl (C=O) groups excluding carboxylic acids is 1. The number of hydrogen-bond acceptors (Lipinski definition) is 4. The molecular formula is C24H23N5O2. The number of benzene rings is 2. The van der Waals surface area contributed by atoms with Crippen molar-refractivity contribution in [3.8, 4) is 17.0 Å². The quantitative estimate of drug-likeness (QED) is 0.515. The standard InChI is InChI=1S/C24H23N5O2/c1-15-26-19-8-5-7-17(21(19)27-15)23(30)29-12-10-24(11-13-29)18-14-25-28(2)22(18)16-6-3-4-9-20(16)31-24/h3-9,14H,10-13H2,1-2H3,(H,26,27). The summed E-state index contributed by atoms with van der Waals surface area (Å²) in [7, 11) is 1.97. The van der Waals surface area contributed by atoms with Crippen LogP contribution in [-0.2, 0) is 12.6 Å². The molecule has 2 aromatic carbocycles. The minimum Gasteiger partial charge on any atom is -0.482 e. The average Bonchev–Trinajstić information content (AvgIpc) is 3.36. The van der Waals surface area contributed by atoms with Crippen molar-refractivity contribution in [3.05, 3.63) is 65.6 Å². The van der Waals surface area contributed by atoms with E-state index in [0.717, 1.165) is 52.3 Å². The molecule has 0 aliphatic carbocycles. The van der Waals surface area contributed by atoms with Gasteiger partial charge in [-0.25, -0.2) is 4.98 Å². The van der Waals surface area contributed by atoms with Gasteiger partial charge in [0, 0.05) is 44.1 Å². The smallest absolute Gasteiger partial charge is 0.256 e. The van der Waals surface area contributed by atoms with Gasteiger partial charge in [-0.3, -0.25) is 9.48 Å². The second kappa shape index (κ2) is 6.44. The number of aromatic nitrogens is 4. The fourth-order valence-electron chi connectivity index (χ4n) is 5.05. The van der Waals surface area contributed by atoms with Crippen molar-refractivity contribution in [2.24, 2.45) is 7.05 Å². The molecule has 1 saturated heterocycles. The number of nitrogens with one attached hydrogen (secondary N) is 1. The maximum absolute atomic E-state index is 13.4. The van der Waals surface area contributed by atoms with E-state index >= 15 is 0 Å². The molecule has 1 fully saturated rings. The van der Waals surface area contributed by atoms with Crippen LogP contribution in [0.15, 0.2) is 48.7 Å². The molecule has 1 spiro atoms. The number of H-pyrrole nitrogens is 1. The zero-order valence-corrected chi connectivity index (χ0v) is 17.6. The number of ether oxygens (including phenoxy) is 1. The molecule has 1 N–H and O–H groups in total. The first-order valence-corrected chi connectivity index (χ1v) is 10.6. The van der Waals surface area contributed by atoms with Gasteiger partial charge in [-0.05, 0) is 31.2 Å². The number of aryl methyl sites for hydroxylation is 2. The number of para-hydroxylation sites is 2. The Morgan fingerprint density at radius 1 is 1.13 bits per heavy atom. The molecule has 0 bridgehead atoms. The molecule has 0 radical (unpaired) electrons. The third-order valence-corrected chi connectivity index (χ3v) is 6.60. The van der Waals surface area contributed by atoms with E-state index in [2.05, 4.69) is 21.1 Å². The number of imidazole rings is 1. The van der Waals surface area contributed by atoms with Crippen LogP contribution in [0.1, 0.15) is 34.6 Å². The van der Waals surface area contributed by atoms with Crippen molar-refractivity contribution in [1.29, 1.82) is 0 Å². The normalized spacial score (nSPS) is 16.8. The van der Waals surface area contributed by atoms with Crippen LogP contribution in [0.3, 0.4) is 0 Å². The SMILES string of the molecule is Cc1nc2c(C(=O)N3CCC4(CC3)Oc3ccccc3-c3c4cnn3C)cccc2[nH]1. The van der Waals surface area contributed by atoms with E-state index in [9.17, 15) is 4.79 Å². The third-order valence-electron chi connectivity index (χ3n) is 6.60. The molecule has 7 nitrogen and oxygen atoms in total. The van der Waals surface area contributed by atoms with Gasteiger partial charge < -0.3 is 14.6 Å². The minimum atomic E-state index is -0.455. The lowest BCUT2D eigenvalue weighted by Gasteiger charge is -2.44. The molecule has 0 saturated carbocycles. The second-order valence-corrected chi connectivity index (χ2v) is 8.44. The third kappa shape index (κ3) is 2.62. The highest BCUT2D eigenvalue weighted by Gasteiger charge is 2.46. The van der Waals surface area contributed by atoms with Crippen molar-refractivity contribution < 1.29 is 9.53 Å². The zero-order chi connectivity index (χ0) is 21.2. The number of nitrogens with zero attached hydrogens (tertiary/aromatic N) is 4. The van der Waals surface area contributed by atoms with Gasteiger partial charge in [-0.2, -0.15) is 5.10 Å². The van der Waals surface area contributed by atoms with E-state index in [1.54, 1.807) is 0 Å². The van der Waals surface area contributed by atoms with E-state index < -0.39 is 5.60 Å². The fraction of sp³-hybridized carbons (Fsp3) is 0.292. The monoisotopic (exact) mass is 413 g/mol. The molecular weight excluding hydrogens is 390 g/mol. The molecule has 4 aromatic rings. The van der Waals surface area contributed by atoms with Gasteiger partial charge >= 0.3 is 0 Å². The predicted octanol–water partition coefficient (Wildman–Crippen LogP) is 3.80. The summed E-state index contributed by atoms with van der Waals surface area (Å²) in [5, 5.41) is 4.53. The number of piperidine rings is 1. The van der Waals surface area contributed by atoms with Gasteiger partial charge in [0.05, 0.1) is 23.0 Å². The number of rotatable bonds is 1. The Hall–Kier alpha value is -3.61. The predicted molar refractivity (Wildman–Crippen MR) is 117 cm³/mol. The Morgan fingerprint density at radius 3 is 2.77 bits per heavy atom. The molecule has 0 atom stereocenters. The first kappa shape index (κ1) is 18.2. The van der Waals surface area contributed by atoms with Crippen LogP contribution in [0.25, 0.3) is 22.3 Å². The number of fused-ring (bicyclic) bond motifs is 5. The highest BCUT2D eigenvalue weighted by atomic mass is 16.5. The first-order chi connectivity index (χ1) is 15.1. The molecule has 6 rings (SSSR count). The molecule has 7 heteroatoms. The summed E-state index contributed by atoms with van der Waals surface area (Å²) >= 11 is 0. The molecule has 0 unspecified atom stereocenters. The summed E-state index contributed by atoms with van der Waals surface area (Å²) < 4.78 is 8.53. The van der Waals surface area contributed by atoms with E-state index in [4.69, 9.17) is 4.74 Å². The van der Waals surface area contributed by atoms with Gasteiger partial charge in [-0.15, -0.1) is 0 Å². The molecule has 2 aliphatic heterocycles. The molecule has 156 valence electrons. The summed E-state index contributed by atoms with van der Waals surface area (Å²) in [4.78, 5) is 23.0. The number of carbonyl (C=O) groups is 1. The molecule has 4 heterocycles. The maximum atomic E-state index is 13.4. The number of aromatic amines is 1. The Labute approximate surface area is 179 Å². The van der Waals surface area contributed by atoms with Crippen LogP contribution in [-0.4, -0.2) is 43.6 Å². The molecule has 1 amide bonds. The Kier molecular flexibility index (Phi) is 3.78. The van der Waals surface area contributed by atoms with Crippen molar-refractivity contribution >= 4 is 16.9 Å². The van der Waals surface area contributed by atoms with Crippen molar-refractivity contribution in [2.45, 2.75) is 25.4 Å². The lowest BCUT2D eigenvalue weighted by atomic mass is 9.81. The number of likely N-dealkylation sites (tertiary alicyclic amines) is 1. The summed E-state index contributed by atoms with van der Waals surface area (Å²) in [6.07, 6.45) is 3.37. The van der Waals surface area contributed by atoms with E-state index in [0.29, 0.717) is 18.7 Å². The lowest BCUT2D eigenvalue weighted by Crippen LogP contribution is -2.49. The summed E-state index contributed by atoms with van der Waals surface area (Å²) in [6, 6.07) is 13.8. The summed E-state index contributed by atoms with van der Waals surface area (Å²) in [5.41, 5.74) is 5.12. The van der Waals surface area contributed by atoms with Gasteiger partial charge in [0.1, 0.15) is 22.7 Å². The van der Waals surface area contributed by atoms with Crippen LogP contribution in [0.5, 0.6) is 5.75 Å². The van der Waals surface area contributed by atoms with Gasteiger partial charge in [0.15, 0.2) is 0 Å². The molecule has 2 aliphatic rings. The zero-order valence-electron chi connectivity index (χ0n) is 17.6. The van der Waals surface area contributed by atoms with E-state index in [1.807, 2.05) is 66.1 Å². The Bertz CT molecular complexity index is 1330. The Morgan fingerprint density at radius 2 is 1.94 bits per heavy atom. The van der Waals surface area contributed by atoms with E-state index in [-0.39, 0.29) is 5.91 Å². The van der Waals surface area contributed by atoms with Crippen LogP contribution >= 0.6 is 0 Å². The fourth-order valence-corrected chi connectivity index (χ4v) is 5.05. The van der Waals surface area contributed by atoms with E-state index in [1.165, 1.54) is 0 Å². The van der Waals surface area contributed by atoms with Gasteiger partial charge in [0.2, 0.25) is 0 Å². The highest BCUT2D eigenvalue weighted by Crippen LogP contribution is 2.49. The largest absolute Gasteiger partial charge is 0.482 e. The molecule has 2 aromatic heterocycles. The number of amides is 1. The maximum Gasteiger partial charge on any atom is 0.256 e. The van der Waals surface area contributed by atoms with Crippen LogP contribution in [0.4, 0.5) is 0 Å². The van der Waals surface area contributed by atoms with Crippen LogP contribution in [0, 0.1) is 6.92 Å². The minimum absolute atomic E-state index is 0.0227. The topological polar surface area (TPSA) is 76.0 Å². The highest BCUT2D eigenvalue weighted by molar-refractivity contribution is 6.05. The summed E-state index contributed by atoms with van der Waals surface area (Å²) in [6.45, 7) is 3.15. The number of hydrogen-bond donors (Lipinski definition) is 1. The lowest BCUT2D eigenvalue weighted by molar-refractivity contribution is -0.00166. The van der Waals surface area contributed by atoms with Crippen molar-refractivity contribution in [1.82, 2.24) is 24.6 Å². The first-order valence-electron chi connectivity index (χ1n) is 10.6. The van der Waals surface area contributed by atoms with Crippen molar-refractivity contribution in [3.63, 3.8) is 0 Å².